The van der Waals surface area contributed by atoms with Crippen molar-refractivity contribution in [3.8, 4) is 0 Å². The highest BCUT2D eigenvalue weighted by molar-refractivity contribution is 6.18. The van der Waals surface area contributed by atoms with E-state index in [1.165, 1.54) is 5.69 Å². The molecular weight excluding hydrogens is 210 g/mol. The summed E-state index contributed by atoms with van der Waals surface area (Å²) in [6.45, 7) is 7.19. The highest BCUT2D eigenvalue weighted by Gasteiger charge is 2.08. The van der Waals surface area contributed by atoms with Gasteiger partial charge in [0.1, 0.15) is 0 Å². The lowest BCUT2D eigenvalue weighted by molar-refractivity contribution is 0.274. The predicted octanol–water partition coefficient (Wildman–Crippen LogP) is 2.18. The lowest BCUT2D eigenvalue weighted by Gasteiger charge is -2.20. The molecule has 1 rings (SSSR count). The fraction of sp³-hybridized carbons (Fsp3) is 0.727. The van der Waals surface area contributed by atoms with Crippen LogP contribution in [0.5, 0.6) is 0 Å². The molecule has 0 fully saturated rings. The number of alkyl halides is 1. The Labute approximate surface area is 97.0 Å². The fourth-order valence-corrected chi connectivity index (χ4v) is 1.99. The Kier molecular flexibility index (Phi) is 5.12. The minimum absolute atomic E-state index is 0.691. The van der Waals surface area contributed by atoms with Crippen molar-refractivity contribution in [3.63, 3.8) is 0 Å². The first-order valence-corrected chi connectivity index (χ1v) is 5.98. The van der Waals surface area contributed by atoms with Gasteiger partial charge in [0.25, 0.3) is 0 Å². The minimum Gasteiger partial charge on any atom is -0.296 e. The van der Waals surface area contributed by atoms with Gasteiger partial charge in [-0.25, -0.2) is 0 Å². The zero-order valence-corrected chi connectivity index (χ0v) is 10.6. The highest BCUT2D eigenvalue weighted by atomic mass is 35.5. The van der Waals surface area contributed by atoms with Crippen LogP contribution in [-0.4, -0.2) is 33.6 Å². The number of hydrogen-bond acceptors (Lipinski definition) is 2. The molecule has 0 atom stereocenters. The molecule has 0 bridgehead atoms. The molecule has 3 nitrogen and oxygen atoms in total. The van der Waals surface area contributed by atoms with E-state index in [1.807, 2.05) is 18.7 Å². The fourth-order valence-electron chi connectivity index (χ4n) is 1.75. The van der Waals surface area contributed by atoms with E-state index in [0.717, 1.165) is 31.7 Å². The molecule has 1 heterocycles. The largest absolute Gasteiger partial charge is 0.296 e. The first-order valence-electron chi connectivity index (χ1n) is 5.45. The van der Waals surface area contributed by atoms with Crippen LogP contribution in [0.2, 0.25) is 0 Å². The molecule has 15 heavy (non-hydrogen) atoms. The molecule has 0 aromatic carbocycles. The normalized spacial score (nSPS) is 11.3. The van der Waals surface area contributed by atoms with Gasteiger partial charge in [0.2, 0.25) is 0 Å². The van der Waals surface area contributed by atoms with Crippen LogP contribution in [0.25, 0.3) is 0 Å². The summed E-state index contributed by atoms with van der Waals surface area (Å²) in [5, 5.41) is 4.34. The molecule has 0 saturated carbocycles. The minimum atomic E-state index is 0.691. The molecule has 1 aromatic heterocycles. The summed E-state index contributed by atoms with van der Waals surface area (Å²) in [6.07, 6.45) is 1.16. The van der Waals surface area contributed by atoms with Gasteiger partial charge in [-0.15, -0.1) is 11.6 Å². The SMILES string of the molecule is CCCN(CCCl)Cc1cc(C)nn1C. The van der Waals surface area contributed by atoms with Crippen molar-refractivity contribution < 1.29 is 0 Å². The molecule has 0 radical (unpaired) electrons. The number of hydrogen-bond donors (Lipinski definition) is 0. The average molecular weight is 230 g/mol. The molecule has 0 aliphatic rings. The predicted molar refractivity (Wildman–Crippen MR) is 64.2 cm³/mol. The number of aryl methyl sites for hydroxylation is 2. The first kappa shape index (κ1) is 12.5. The molecule has 4 heteroatoms. The number of halogens is 1. The zero-order chi connectivity index (χ0) is 11.3. The van der Waals surface area contributed by atoms with Gasteiger partial charge in [-0.2, -0.15) is 5.10 Å². The van der Waals surface area contributed by atoms with E-state index in [-0.39, 0.29) is 0 Å². The van der Waals surface area contributed by atoms with E-state index in [9.17, 15) is 0 Å². The second kappa shape index (κ2) is 6.13. The van der Waals surface area contributed by atoms with E-state index >= 15 is 0 Å². The third-order valence-electron chi connectivity index (χ3n) is 2.43. The maximum absolute atomic E-state index is 5.78. The van der Waals surface area contributed by atoms with Crippen molar-refractivity contribution in [3.05, 3.63) is 17.5 Å². The summed E-state index contributed by atoms with van der Waals surface area (Å²) in [4.78, 5) is 2.36. The maximum Gasteiger partial charge on any atom is 0.0597 e. The van der Waals surface area contributed by atoms with E-state index in [0.29, 0.717) is 5.88 Å². The smallest absolute Gasteiger partial charge is 0.0597 e. The van der Waals surface area contributed by atoms with Crippen LogP contribution in [0.3, 0.4) is 0 Å². The van der Waals surface area contributed by atoms with Gasteiger partial charge in [-0.05, 0) is 26.0 Å². The van der Waals surface area contributed by atoms with Crippen LogP contribution in [0.15, 0.2) is 6.07 Å². The topological polar surface area (TPSA) is 21.1 Å². The standard InChI is InChI=1S/C11H20ClN3/c1-4-6-15(7-5-12)9-11-8-10(2)13-14(11)3/h8H,4-7,9H2,1-3H3. The average Bonchev–Trinajstić information content (AvgIpc) is 2.46. The summed E-state index contributed by atoms with van der Waals surface area (Å²) in [5.74, 6) is 0.691. The van der Waals surface area contributed by atoms with Crippen LogP contribution in [0.4, 0.5) is 0 Å². The molecule has 1 aromatic rings. The Morgan fingerprint density at radius 2 is 2.20 bits per heavy atom. The number of aromatic nitrogens is 2. The van der Waals surface area contributed by atoms with Crippen LogP contribution in [0.1, 0.15) is 24.7 Å². The Hall–Kier alpha value is -0.540. The second-order valence-electron chi connectivity index (χ2n) is 3.87. The van der Waals surface area contributed by atoms with E-state index < -0.39 is 0 Å². The number of rotatable bonds is 6. The maximum atomic E-state index is 5.78. The Morgan fingerprint density at radius 1 is 1.47 bits per heavy atom. The van der Waals surface area contributed by atoms with Crippen LogP contribution < -0.4 is 0 Å². The van der Waals surface area contributed by atoms with Crippen molar-refractivity contribution in [1.82, 2.24) is 14.7 Å². The molecule has 0 N–H and O–H groups in total. The summed E-state index contributed by atoms with van der Waals surface area (Å²) >= 11 is 5.78. The summed E-state index contributed by atoms with van der Waals surface area (Å²) in [6, 6.07) is 2.14. The van der Waals surface area contributed by atoms with E-state index in [1.54, 1.807) is 0 Å². The Bertz CT molecular complexity index is 290. The second-order valence-corrected chi connectivity index (χ2v) is 4.24. The number of nitrogens with zero attached hydrogens (tertiary/aromatic N) is 3. The van der Waals surface area contributed by atoms with E-state index in [4.69, 9.17) is 11.6 Å². The lowest BCUT2D eigenvalue weighted by Crippen LogP contribution is -2.27. The van der Waals surface area contributed by atoms with Crippen molar-refractivity contribution >= 4 is 11.6 Å². The van der Waals surface area contributed by atoms with Crippen molar-refractivity contribution in [2.24, 2.45) is 7.05 Å². The van der Waals surface area contributed by atoms with E-state index in [2.05, 4.69) is 23.0 Å². The Morgan fingerprint density at radius 3 is 2.67 bits per heavy atom. The molecule has 0 spiro atoms. The monoisotopic (exact) mass is 229 g/mol. The van der Waals surface area contributed by atoms with Crippen molar-refractivity contribution in [1.29, 1.82) is 0 Å². The first-order chi connectivity index (χ1) is 7.17. The zero-order valence-electron chi connectivity index (χ0n) is 9.83. The van der Waals surface area contributed by atoms with Crippen LogP contribution in [-0.2, 0) is 13.6 Å². The molecule has 0 saturated heterocycles. The van der Waals surface area contributed by atoms with Crippen molar-refractivity contribution in [2.45, 2.75) is 26.8 Å². The van der Waals surface area contributed by atoms with Gasteiger partial charge in [0.15, 0.2) is 0 Å². The Balaban J connectivity index is 2.60. The quantitative estimate of drug-likeness (QED) is 0.698. The van der Waals surface area contributed by atoms with Gasteiger partial charge in [0.05, 0.1) is 11.4 Å². The van der Waals surface area contributed by atoms with Gasteiger partial charge >= 0.3 is 0 Å². The van der Waals surface area contributed by atoms with Crippen molar-refractivity contribution in [2.75, 3.05) is 19.0 Å². The molecule has 0 aliphatic carbocycles. The van der Waals surface area contributed by atoms with Crippen LogP contribution in [0, 0.1) is 6.92 Å². The van der Waals surface area contributed by atoms with Gasteiger partial charge in [-0.1, -0.05) is 6.92 Å². The molecule has 0 amide bonds. The molecule has 0 aliphatic heterocycles. The third kappa shape index (κ3) is 3.84. The van der Waals surface area contributed by atoms with Gasteiger partial charge in [0, 0.05) is 26.0 Å². The van der Waals surface area contributed by atoms with Gasteiger partial charge in [-0.3, -0.25) is 9.58 Å². The summed E-state index contributed by atoms with van der Waals surface area (Å²) in [5.41, 5.74) is 2.33. The summed E-state index contributed by atoms with van der Waals surface area (Å²) < 4.78 is 1.95. The summed E-state index contributed by atoms with van der Waals surface area (Å²) in [7, 11) is 1.99. The highest BCUT2D eigenvalue weighted by Crippen LogP contribution is 2.06. The lowest BCUT2D eigenvalue weighted by atomic mass is 10.3. The molecule has 86 valence electrons. The third-order valence-corrected chi connectivity index (χ3v) is 2.59. The van der Waals surface area contributed by atoms with Gasteiger partial charge < -0.3 is 0 Å². The van der Waals surface area contributed by atoms with Crippen LogP contribution >= 0.6 is 11.6 Å². The molecular formula is C11H20ClN3. The molecule has 0 unspecified atom stereocenters.